The fraction of sp³-hybridized carbons (Fsp3) is 0.300. The lowest BCUT2D eigenvalue weighted by molar-refractivity contribution is -0.136. The third-order valence-corrected chi connectivity index (χ3v) is 1.95. The molecule has 1 unspecified atom stereocenters. The minimum Gasteiger partial charge on any atom is -0.508 e. The Kier molecular flexibility index (Phi) is 3.48. The van der Waals surface area contributed by atoms with Gasteiger partial charge in [-0.05, 0) is 24.6 Å². The molecule has 14 heavy (non-hydrogen) atoms. The first kappa shape index (κ1) is 10.5. The largest absolute Gasteiger partial charge is 0.508 e. The van der Waals surface area contributed by atoms with E-state index in [1.165, 1.54) is 0 Å². The molecule has 76 valence electrons. The number of benzene rings is 1. The van der Waals surface area contributed by atoms with Crippen molar-refractivity contribution in [2.24, 2.45) is 0 Å². The lowest BCUT2D eigenvalue weighted by Gasteiger charge is -2.12. The van der Waals surface area contributed by atoms with Gasteiger partial charge in [0.1, 0.15) is 5.75 Å². The van der Waals surface area contributed by atoms with Crippen molar-refractivity contribution >= 4 is 5.97 Å². The first-order chi connectivity index (χ1) is 6.59. The lowest BCUT2D eigenvalue weighted by Crippen LogP contribution is -2.25. The third-order valence-electron chi connectivity index (χ3n) is 1.95. The predicted octanol–water partition coefficient (Wildman–Crippen LogP) is 1.13. The third kappa shape index (κ3) is 3.06. The van der Waals surface area contributed by atoms with Gasteiger partial charge >= 0.3 is 5.97 Å². The molecule has 0 bridgehead atoms. The van der Waals surface area contributed by atoms with Gasteiger partial charge in [0, 0.05) is 6.04 Å². The smallest absolute Gasteiger partial charge is 0.317 e. The summed E-state index contributed by atoms with van der Waals surface area (Å²) in [6, 6.07) is 6.64. The molecule has 1 aromatic carbocycles. The molecule has 0 saturated heterocycles. The van der Waals surface area contributed by atoms with Crippen LogP contribution in [0.4, 0.5) is 0 Å². The fourth-order valence-corrected chi connectivity index (χ4v) is 1.12. The molecular weight excluding hydrogens is 182 g/mol. The molecule has 0 aliphatic heterocycles. The topological polar surface area (TPSA) is 69.6 Å². The zero-order valence-corrected chi connectivity index (χ0v) is 7.90. The fourth-order valence-electron chi connectivity index (χ4n) is 1.12. The summed E-state index contributed by atoms with van der Waals surface area (Å²) in [6.45, 7) is 1.80. The Labute approximate surface area is 82.2 Å². The van der Waals surface area contributed by atoms with Crippen molar-refractivity contribution in [2.75, 3.05) is 6.54 Å². The highest BCUT2D eigenvalue weighted by Crippen LogP contribution is 2.15. The lowest BCUT2D eigenvalue weighted by atomic mass is 10.1. The van der Waals surface area contributed by atoms with Gasteiger partial charge in [-0.25, -0.2) is 0 Å². The molecule has 0 fully saturated rings. The number of phenolic OH excluding ortho intramolecular Hbond substituents is 1. The molecule has 0 radical (unpaired) electrons. The van der Waals surface area contributed by atoms with Crippen LogP contribution in [0.15, 0.2) is 24.3 Å². The van der Waals surface area contributed by atoms with Crippen LogP contribution in [0, 0.1) is 0 Å². The van der Waals surface area contributed by atoms with E-state index in [1.807, 2.05) is 6.92 Å². The first-order valence-corrected chi connectivity index (χ1v) is 4.33. The van der Waals surface area contributed by atoms with Gasteiger partial charge in [-0.2, -0.15) is 0 Å². The van der Waals surface area contributed by atoms with Crippen LogP contribution in [-0.4, -0.2) is 22.7 Å². The highest BCUT2D eigenvalue weighted by molar-refractivity contribution is 5.69. The summed E-state index contributed by atoms with van der Waals surface area (Å²) in [5.74, 6) is -0.671. The van der Waals surface area contributed by atoms with Gasteiger partial charge in [0.05, 0.1) is 6.54 Å². The molecule has 1 rings (SSSR count). The maximum atomic E-state index is 10.3. The van der Waals surface area contributed by atoms with Crippen molar-refractivity contribution < 1.29 is 15.0 Å². The Bertz CT molecular complexity index is 308. The van der Waals surface area contributed by atoms with Crippen LogP contribution in [0.5, 0.6) is 5.75 Å². The molecule has 0 aromatic heterocycles. The number of aliphatic carboxylic acids is 1. The summed E-state index contributed by atoms with van der Waals surface area (Å²) < 4.78 is 0. The Hall–Kier alpha value is -1.55. The van der Waals surface area contributed by atoms with Gasteiger partial charge < -0.3 is 15.5 Å². The van der Waals surface area contributed by atoms with E-state index in [4.69, 9.17) is 10.2 Å². The molecule has 0 spiro atoms. The monoisotopic (exact) mass is 195 g/mol. The zero-order chi connectivity index (χ0) is 10.6. The van der Waals surface area contributed by atoms with Crippen molar-refractivity contribution in [3.8, 4) is 5.75 Å². The summed E-state index contributed by atoms with van der Waals surface area (Å²) >= 11 is 0. The molecule has 1 atom stereocenters. The van der Waals surface area contributed by atoms with E-state index in [1.54, 1.807) is 24.3 Å². The molecule has 0 saturated carbocycles. The van der Waals surface area contributed by atoms with E-state index in [0.29, 0.717) is 0 Å². The molecule has 4 nitrogen and oxygen atoms in total. The van der Waals surface area contributed by atoms with Crippen molar-refractivity contribution in [1.82, 2.24) is 5.32 Å². The number of aromatic hydroxyl groups is 1. The number of carboxylic acids is 1. The van der Waals surface area contributed by atoms with Gasteiger partial charge in [0.25, 0.3) is 0 Å². The number of hydrogen-bond acceptors (Lipinski definition) is 3. The summed E-state index contributed by atoms with van der Waals surface area (Å²) in [7, 11) is 0. The quantitative estimate of drug-likeness (QED) is 0.673. The van der Waals surface area contributed by atoms with Crippen LogP contribution in [-0.2, 0) is 4.79 Å². The molecular formula is C10H13NO3. The number of carboxylic acid groups (broad SMARTS) is 1. The average molecular weight is 195 g/mol. The maximum absolute atomic E-state index is 10.3. The van der Waals surface area contributed by atoms with E-state index in [0.717, 1.165) is 5.56 Å². The van der Waals surface area contributed by atoms with Crippen LogP contribution in [0.2, 0.25) is 0 Å². The number of rotatable bonds is 4. The highest BCUT2D eigenvalue weighted by Gasteiger charge is 2.05. The van der Waals surface area contributed by atoms with E-state index in [9.17, 15) is 4.79 Å². The Morgan fingerprint density at radius 2 is 2.00 bits per heavy atom. The minimum atomic E-state index is -0.879. The van der Waals surface area contributed by atoms with Crippen molar-refractivity contribution in [1.29, 1.82) is 0 Å². The van der Waals surface area contributed by atoms with E-state index < -0.39 is 5.97 Å². The standard InChI is InChI=1S/C10H13NO3/c1-7(11-6-10(13)14)8-2-4-9(12)5-3-8/h2-5,7,11-12H,6H2,1H3,(H,13,14). The van der Waals surface area contributed by atoms with Gasteiger partial charge in [0.15, 0.2) is 0 Å². The Morgan fingerprint density at radius 3 is 2.50 bits per heavy atom. The zero-order valence-electron chi connectivity index (χ0n) is 7.90. The Morgan fingerprint density at radius 1 is 1.43 bits per heavy atom. The van der Waals surface area contributed by atoms with Crippen LogP contribution >= 0.6 is 0 Å². The van der Waals surface area contributed by atoms with Gasteiger partial charge in [0.2, 0.25) is 0 Å². The summed E-state index contributed by atoms with van der Waals surface area (Å²) in [4.78, 5) is 10.3. The van der Waals surface area contributed by atoms with Crippen molar-refractivity contribution in [2.45, 2.75) is 13.0 Å². The van der Waals surface area contributed by atoms with Crippen molar-refractivity contribution in [3.63, 3.8) is 0 Å². The second kappa shape index (κ2) is 4.62. The first-order valence-electron chi connectivity index (χ1n) is 4.33. The number of phenols is 1. The number of nitrogens with one attached hydrogen (secondary N) is 1. The highest BCUT2D eigenvalue weighted by atomic mass is 16.4. The number of carbonyl (C=O) groups is 1. The molecule has 4 heteroatoms. The van der Waals surface area contributed by atoms with Gasteiger partial charge in [-0.1, -0.05) is 12.1 Å². The van der Waals surface area contributed by atoms with Crippen LogP contribution < -0.4 is 5.32 Å². The average Bonchev–Trinajstić information content (AvgIpc) is 2.15. The van der Waals surface area contributed by atoms with Crippen LogP contribution in [0.3, 0.4) is 0 Å². The molecule has 0 aliphatic carbocycles. The minimum absolute atomic E-state index is 0.0355. The maximum Gasteiger partial charge on any atom is 0.317 e. The van der Waals surface area contributed by atoms with Crippen LogP contribution in [0.1, 0.15) is 18.5 Å². The van der Waals surface area contributed by atoms with Gasteiger partial charge in [-0.3, -0.25) is 4.79 Å². The van der Waals surface area contributed by atoms with E-state index in [2.05, 4.69) is 5.32 Å². The molecule has 1 aromatic rings. The molecule has 0 heterocycles. The SMILES string of the molecule is CC(NCC(=O)O)c1ccc(O)cc1. The second-order valence-corrected chi connectivity index (χ2v) is 3.09. The second-order valence-electron chi connectivity index (χ2n) is 3.09. The predicted molar refractivity (Wildman–Crippen MR) is 52.2 cm³/mol. The van der Waals surface area contributed by atoms with E-state index >= 15 is 0 Å². The van der Waals surface area contributed by atoms with Crippen molar-refractivity contribution in [3.05, 3.63) is 29.8 Å². The summed E-state index contributed by atoms with van der Waals surface area (Å²) in [6.07, 6.45) is 0. The van der Waals surface area contributed by atoms with E-state index in [-0.39, 0.29) is 18.3 Å². The molecule has 0 amide bonds. The molecule has 0 aliphatic rings. The normalized spacial score (nSPS) is 12.4. The summed E-state index contributed by atoms with van der Waals surface area (Å²) in [5.41, 5.74) is 0.948. The van der Waals surface area contributed by atoms with Crippen LogP contribution in [0.25, 0.3) is 0 Å². The molecule has 3 N–H and O–H groups in total. The Balaban J connectivity index is 2.56. The van der Waals surface area contributed by atoms with Gasteiger partial charge in [-0.15, -0.1) is 0 Å². The summed E-state index contributed by atoms with van der Waals surface area (Å²) in [5, 5.41) is 20.3. The number of hydrogen-bond donors (Lipinski definition) is 3.